The van der Waals surface area contributed by atoms with Crippen molar-refractivity contribution in [1.29, 1.82) is 0 Å². The van der Waals surface area contributed by atoms with Gasteiger partial charge in [0.05, 0.1) is 17.1 Å². The molecule has 0 bridgehead atoms. The Morgan fingerprint density at radius 3 is 2.50 bits per heavy atom. The van der Waals surface area contributed by atoms with Crippen molar-refractivity contribution in [2.75, 3.05) is 0 Å². The molecule has 0 amide bonds. The first kappa shape index (κ1) is 22.3. The average Bonchev–Trinajstić information content (AvgIpc) is 3.16. The summed E-state index contributed by atoms with van der Waals surface area (Å²) >= 11 is 0. The lowest BCUT2D eigenvalue weighted by molar-refractivity contribution is 0.416. The number of aromatic nitrogens is 3. The quantitative estimate of drug-likeness (QED) is 0.334. The van der Waals surface area contributed by atoms with Gasteiger partial charge in [-0.1, -0.05) is 50.5 Å². The summed E-state index contributed by atoms with van der Waals surface area (Å²) in [5.41, 5.74) is 6.38. The minimum Gasteiger partial charge on any atom is -0.318 e. The maximum Gasteiger partial charge on any atom is 0.282 e. The number of benzene rings is 2. The fraction of sp³-hybridized carbons (Fsp3) is 0.345. The summed E-state index contributed by atoms with van der Waals surface area (Å²) in [6, 6.07) is 18.4. The van der Waals surface area contributed by atoms with Gasteiger partial charge in [0.15, 0.2) is 0 Å². The molecule has 5 rings (SSSR count). The van der Waals surface area contributed by atoms with Crippen LogP contribution in [0.5, 0.6) is 0 Å². The second-order valence-corrected chi connectivity index (χ2v) is 9.37. The summed E-state index contributed by atoms with van der Waals surface area (Å²) in [6.07, 6.45) is 8.57. The molecule has 1 aliphatic carbocycles. The van der Waals surface area contributed by atoms with Gasteiger partial charge < -0.3 is 4.57 Å². The van der Waals surface area contributed by atoms with Crippen LogP contribution in [0.15, 0.2) is 64.5 Å². The van der Waals surface area contributed by atoms with Gasteiger partial charge in [-0.3, -0.25) is 4.79 Å². The molecule has 0 unspecified atom stereocenters. The van der Waals surface area contributed by atoms with Crippen LogP contribution in [0.3, 0.4) is 0 Å². The predicted molar refractivity (Wildman–Crippen MR) is 139 cm³/mol. The van der Waals surface area contributed by atoms with Crippen molar-refractivity contribution in [3.8, 4) is 5.69 Å². The van der Waals surface area contributed by atoms with E-state index in [0.29, 0.717) is 5.39 Å². The monoisotopic (exact) mass is 452 g/mol. The second-order valence-electron chi connectivity index (χ2n) is 9.37. The highest BCUT2D eigenvalue weighted by Gasteiger charge is 2.22. The number of rotatable bonds is 5. The largest absolute Gasteiger partial charge is 0.318 e. The molecule has 0 N–H and O–H groups in total. The first-order valence-electron chi connectivity index (χ1n) is 12.4. The van der Waals surface area contributed by atoms with Gasteiger partial charge in [0.1, 0.15) is 5.82 Å². The molecule has 1 saturated carbocycles. The van der Waals surface area contributed by atoms with Crippen molar-refractivity contribution in [3.05, 3.63) is 93.3 Å². The van der Waals surface area contributed by atoms with Crippen molar-refractivity contribution >= 4 is 17.1 Å². The zero-order chi connectivity index (χ0) is 23.7. The molecule has 4 aromatic rings. The lowest BCUT2D eigenvalue weighted by Gasteiger charge is -2.22. The third-order valence-corrected chi connectivity index (χ3v) is 7.13. The lowest BCUT2D eigenvalue weighted by atomic mass is 9.88. The molecule has 5 nitrogen and oxygen atoms in total. The number of aryl methyl sites for hydroxylation is 2. The molecule has 34 heavy (non-hydrogen) atoms. The van der Waals surface area contributed by atoms with E-state index >= 15 is 0 Å². The van der Waals surface area contributed by atoms with Gasteiger partial charge in [0.25, 0.3) is 5.56 Å². The summed E-state index contributed by atoms with van der Waals surface area (Å²) in [6.45, 7) is 6.38. The average molecular weight is 453 g/mol. The molecule has 1 fully saturated rings. The Morgan fingerprint density at radius 2 is 1.76 bits per heavy atom. The molecule has 0 atom stereocenters. The first-order chi connectivity index (χ1) is 16.6. The molecule has 0 spiro atoms. The Labute approximate surface area is 200 Å². The maximum absolute atomic E-state index is 13.5. The number of para-hydroxylation sites is 1. The highest BCUT2D eigenvalue weighted by atomic mass is 16.1. The molecular formula is C29H32N4O. The molecule has 0 saturated heterocycles. The molecule has 2 aromatic heterocycles. The summed E-state index contributed by atoms with van der Waals surface area (Å²) in [5, 5.41) is 5.35. The van der Waals surface area contributed by atoms with E-state index in [4.69, 9.17) is 10.1 Å². The van der Waals surface area contributed by atoms with Crippen LogP contribution in [0, 0.1) is 13.8 Å². The minimum atomic E-state index is -0.0913. The standard InChI is InChI=1S/C29H32N4O/c1-4-22-14-16-25(17-15-22)32-20(2)18-24(21(32)3)19-30-33-28(23-10-6-5-7-11-23)31-27-13-9-8-12-26(27)29(33)34/h8-9,12-19,23H,4-7,10-11H2,1-3H3. The van der Waals surface area contributed by atoms with Crippen LogP contribution in [-0.2, 0) is 6.42 Å². The van der Waals surface area contributed by atoms with Crippen LogP contribution in [0.4, 0.5) is 0 Å². The second kappa shape index (κ2) is 9.41. The number of nitrogens with zero attached hydrogens (tertiary/aromatic N) is 4. The molecule has 0 radical (unpaired) electrons. The van der Waals surface area contributed by atoms with Gasteiger partial charge in [0.2, 0.25) is 0 Å². The van der Waals surface area contributed by atoms with Crippen LogP contribution in [0.2, 0.25) is 0 Å². The van der Waals surface area contributed by atoms with E-state index in [2.05, 4.69) is 55.7 Å². The third-order valence-electron chi connectivity index (χ3n) is 7.13. The maximum atomic E-state index is 13.5. The zero-order valence-corrected chi connectivity index (χ0v) is 20.3. The molecule has 1 aliphatic rings. The molecule has 2 heterocycles. The highest BCUT2D eigenvalue weighted by molar-refractivity contribution is 5.82. The van der Waals surface area contributed by atoms with Gasteiger partial charge in [-0.2, -0.15) is 9.78 Å². The Balaban J connectivity index is 1.58. The Hall–Kier alpha value is -3.47. The Morgan fingerprint density at radius 1 is 1.03 bits per heavy atom. The fourth-order valence-corrected chi connectivity index (χ4v) is 5.19. The number of fused-ring (bicyclic) bond motifs is 1. The van der Waals surface area contributed by atoms with E-state index < -0.39 is 0 Å². The first-order valence-corrected chi connectivity index (χ1v) is 12.4. The summed E-state index contributed by atoms with van der Waals surface area (Å²) in [4.78, 5) is 18.4. The van der Waals surface area contributed by atoms with E-state index in [9.17, 15) is 4.79 Å². The predicted octanol–water partition coefficient (Wildman–Crippen LogP) is 6.30. The zero-order valence-electron chi connectivity index (χ0n) is 20.3. The molecule has 2 aromatic carbocycles. The van der Waals surface area contributed by atoms with E-state index in [1.165, 1.54) is 24.8 Å². The molecule has 0 aliphatic heterocycles. The highest BCUT2D eigenvalue weighted by Crippen LogP contribution is 2.31. The molecule has 174 valence electrons. The fourth-order valence-electron chi connectivity index (χ4n) is 5.19. The topological polar surface area (TPSA) is 52.2 Å². The van der Waals surface area contributed by atoms with Gasteiger partial charge >= 0.3 is 0 Å². The third kappa shape index (κ3) is 4.11. The van der Waals surface area contributed by atoms with Crippen LogP contribution in [0.25, 0.3) is 16.6 Å². The van der Waals surface area contributed by atoms with Crippen LogP contribution in [0.1, 0.15) is 73.3 Å². The number of hydrogen-bond acceptors (Lipinski definition) is 3. The number of hydrogen-bond donors (Lipinski definition) is 0. The molecular weight excluding hydrogens is 420 g/mol. The van der Waals surface area contributed by atoms with Crippen molar-refractivity contribution in [3.63, 3.8) is 0 Å². The van der Waals surface area contributed by atoms with Gasteiger partial charge in [-0.15, -0.1) is 0 Å². The SMILES string of the molecule is CCc1ccc(-n2c(C)cc(C=Nn3c(C4CCCCC4)nc4ccccc4c3=O)c2C)cc1. The lowest BCUT2D eigenvalue weighted by Crippen LogP contribution is -2.25. The summed E-state index contributed by atoms with van der Waals surface area (Å²) in [5.74, 6) is 1.07. The normalized spacial score (nSPS) is 14.9. The van der Waals surface area contributed by atoms with Crippen LogP contribution < -0.4 is 5.56 Å². The van der Waals surface area contributed by atoms with Crippen molar-refractivity contribution in [1.82, 2.24) is 14.2 Å². The van der Waals surface area contributed by atoms with E-state index in [1.54, 1.807) is 4.68 Å². The minimum absolute atomic E-state index is 0.0913. The van der Waals surface area contributed by atoms with Crippen molar-refractivity contribution in [2.45, 2.75) is 65.2 Å². The van der Waals surface area contributed by atoms with E-state index in [0.717, 1.165) is 53.2 Å². The van der Waals surface area contributed by atoms with Crippen LogP contribution in [-0.4, -0.2) is 20.4 Å². The smallest absolute Gasteiger partial charge is 0.282 e. The summed E-state index contributed by atoms with van der Waals surface area (Å²) < 4.78 is 3.80. The van der Waals surface area contributed by atoms with Gasteiger partial charge in [-0.25, -0.2) is 4.98 Å². The Kier molecular flexibility index (Phi) is 6.18. The van der Waals surface area contributed by atoms with E-state index in [-0.39, 0.29) is 11.5 Å². The van der Waals surface area contributed by atoms with E-state index in [1.807, 2.05) is 30.5 Å². The molecule has 5 heteroatoms. The summed E-state index contributed by atoms with van der Waals surface area (Å²) in [7, 11) is 0. The Bertz CT molecular complexity index is 1400. The van der Waals surface area contributed by atoms with Crippen molar-refractivity contribution < 1.29 is 0 Å². The van der Waals surface area contributed by atoms with Crippen LogP contribution >= 0.6 is 0 Å². The van der Waals surface area contributed by atoms with Gasteiger partial charge in [0, 0.05) is 28.6 Å². The van der Waals surface area contributed by atoms with Crippen molar-refractivity contribution in [2.24, 2.45) is 5.10 Å². The van der Waals surface area contributed by atoms with Gasteiger partial charge in [-0.05, 0) is 69.0 Å².